The highest BCUT2D eigenvalue weighted by atomic mass is 32.1. The van der Waals surface area contributed by atoms with Gasteiger partial charge in [0, 0.05) is 5.39 Å². The van der Waals surface area contributed by atoms with Crippen LogP contribution in [0.15, 0.2) is 23.2 Å². The number of benzene rings is 1. The van der Waals surface area contributed by atoms with E-state index in [1.807, 2.05) is 6.92 Å². The number of thiol groups is 1. The molecule has 0 saturated heterocycles. The van der Waals surface area contributed by atoms with Crippen LogP contribution in [0.4, 0.5) is 0 Å². The summed E-state index contributed by atoms with van der Waals surface area (Å²) in [4.78, 5) is 8.29. The largest absolute Gasteiger partial charge is 0.508 e. The molecule has 0 bridgehead atoms. The average molecular weight is 192 g/mol. The Kier molecular flexibility index (Phi) is 1.84. The van der Waals surface area contributed by atoms with Crippen molar-refractivity contribution in [1.29, 1.82) is 0 Å². The molecule has 1 aromatic carbocycles. The second-order valence-electron chi connectivity index (χ2n) is 2.80. The smallest absolute Gasteiger partial charge is 0.127 e. The zero-order valence-electron chi connectivity index (χ0n) is 7.02. The summed E-state index contributed by atoms with van der Waals surface area (Å²) in [6, 6.07) is 4.96. The number of aromatic nitrogens is 2. The van der Waals surface area contributed by atoms with Crippen LogP contribution in [0.5, 0.6) is 5.75 Å². The third kappa shape index (κ3) is 1.45. The molecular weight excluding hydrogens is 184 g/mol. The monoisotopic (exact) mass is 192 g/mol. The first-order chi connectivity index (χ1) is 6.16. The van der Waals surface area contributed by atoms with Gasteiger partial charge in [-0.05, 0) is 25.1 Å². The molecule has 0 aliphatic rings. The fourth-order valence-corrected chi connectivity index (χ4v) is 1.54. The van der Waals surface area contributed by atoms with E-state index in [2.05, 4.69) is 22.6 Å². The van der Waals surface area contributed by atoms with Gasteiger partial charge in [0.1, 0.15) is 16.6 Å². The summed E-state index contributed by atoms with van der Waals surface area (Å²) in [5.41, 5.74) is 0.801. The zero-order valence-corrected chi connectivity index (χ0v) is 7.92. The summed E-state index contributed by atoms with van der Waals surface area (Å²) in [5.74, 6) is 0.887. The molecule has 0 aliphatic carbocycles. The fraction of sp³-hybridized carbons (Fsp3) is 0.111. The van der Waals surface area contributed by atoms with Crippen LogP contribution in [0.25, 0.3) is 10.9 Å². The number of aromatic hydroxyl groups is 1. The Labute approximate surface area is 80.9 Å². The fourth-order valence-electron chi connectivity index (χ4n) is 1.21. The Bertz CT molecular complexity index is 470. The molecule has 1 N–H and O–H groups in total. The van der Waals surface area contributed by atoms with Gasteiger partial charge in [-0.3, -0.25) is 0 Å². The number of nitrogens with zero attached hydrogens (tertiary/aromatic N) is 2. The van der Waals surface area contributed by atoms with Crippen molar-refractivity contribution in [2.24, 2.45) is 0 Å². The van der Waals surface area contributed by atoms with Gasteiger partial charge in [-0.2, -0.15) is 0 Å². The molecule has 0 amide bonds. The van der Waals surface area contributed by atoms with E-state index in [1.165, 1.54) is 0 Å². The highest BCUT2D eigenvalue weighted by Crippen LogP contribution is 2.22. The molecule has 0 atom stereocenters. The third-order valence-electron chi connectivity index (χ3n) is 1.77. The molecule has 2 rings (SSSR count). The SMILES string of the molecule is Cc1nc(S)c2cc(O)ccc2n1. The van der Waals surface area contributed by atoms with Crippen LogP contribution in [-0.2, 0) is 0 Å². The first-order valence-corrected chi connectivity index (χ1v) is 4.28. The average Bonchev–Trinajstić information content (AvgIpc) is 2.06. The number of hydrogen-bond donors (Lipinski definition) is 2. The van der Waals surface area contributed by atoms with E-state index in [4.69, 9.17) is 0 Å². The standard InChI is InChI=1S/C9H8N2OS/c1-5-10-8-3-2-6(12)4-7(8)9(13)11-5/h2-4,12H,1H3,(H,10,11,13). The Balaban J connectivity index is 2.87. The predicted octanol–water partition coefficient (Wildman–Crippen LogP) is 1.93. The van der Waals surface area contributed by atoms with E-state index in [9.17, 15) is 5.11 Å². The van der Waals surface area contributed by atoms with Crippen molar-refractivity contribution < 1.29 is 5.11 Å². The quantitative estimate of drug-likeness (QED) is 0.495. The maximum Gasteiger partial charge on any atom is 0.127 e. The van der Waals surface area contributed by atoms with Gasteiger partial charge < -0.3 is 5.11 Å². The Morgan fingerprint density at radius 3 is 2.85 bits per heavy atom. The minimum Gasteiger partial charge on any atom is -0.508 e. The van der Waals surface area contributed by atoms with E-state index in [1.54, 1.807) is 18.2 Å². The van der Waals surface area contributed by atoms with Gasteiger partial charge in [0.2, 0.25) is 0 Å². The first kappa shape index (κ1) is 8.31. The molecule has 0 unspecified atom stereocenters. The molecule has 0 aliphatic heterocycles. The van der Waals surface area contributed by atoms with Crippen molar-refractivity contribution in [3.05, 3.63) is 24.0 Å². The molecule has 1 heterocycles. The maximum atomic E-state index is 9.23. The maximum absolute atomic E-state index is 9.23. The lowest BCUT2D eigenvalue weighted by molar-refractivity contribution is 0.476. The van der Waals surface area contributed by atoms with Crippen LogP contribution in [-0.4, -0.2) is 15.1 Å². The molecule has 13 heavy (non-hydrogen) atoms. The van der Waals surface area contributed by atoms with Gasteiger partial charge in [-0.1, -0.05) is 0 Å². The second kappa shape index (κ2) is 2.88. The summed E-state index contributed by atoms with van der Waals surface area (Å²) >= 11 is 4.21. The molecule has 0 spiro atoms. The molecule has 66 valence electrons. The summed E-state index contributed by atoms with van der Waals surface area (Å²) in [6.07, 6.45) is 0. The lowest BCUT2D eigenvalue weighted by atomic mass is 10.2. The predicted molar refractivity (Wildman–Crippen MR) is 53.2 cm³/mol. The molecule has 4 heteroatoms. The number of fused-ring (bicyclic) bond motifs is 1. The second-order valence-corrected chi connectivity index (χ2v) is 3.22. The van der Waals surface area contributed by atoms with Gasteiger partial charge in [-0.15, -0.1) is 12.6 Å². The van der Waals surface area contributed by atoms with Crippen LogP contribution in [0, 0.1) is 6.92 Å². The number of hydrogen-bond acceptors (Lipinski definition) is 4. The minimum atomic E-state index is 0.204. The highest BCUT2D eigenvalue weighted by molar-refractivity contribution is 7.80. The van der Waals surface area contributed by atoms with Crippen molar-refractivity contribution >= 4 is 23.5 Å². The first-order valence-electron chi connectivity index (χ1n) is 3.83. The van der Waals surface area contributed by atoms with E-state index in [0.29, 0.717) is 10.9 Å². The molecule has 1 aromatic heterocycles. The molecule has 2 aromatic rings. The summed E-state index contributed by atoms with van der Waals surface area (Å²) in [5, 5.41) is 10.6. The Morgan fingerprint density at radius 2 is 2.08 bits per heavy atom. The highest BCUT2D eigenvalue weighted by Gasteiger charge is 2.02. The van der Waals surface area contributed by atoms with Gasteiger partial charge in [0.05, 0.1) is 5.52 Å². The Morgan fingerprint density at radius 1 is 1.31 bits per heavy atom. The van der Waals surface area contributed by atoms with Crippen LogP contribution < -0.4 is 0 Å². The van der Waals surface area contributed by atoms with Crippen LogP contribution in [0.2, 0.25) is 0 Å². The van der Waals surface area contributed by atoms with Crippen molar-refractivity contribution in [2.75, 3.05) is 0 Å². The number of phenols is 1. The van der Waals surface area contributed by atoms with Gasteiger partial charge >= 0.3 is 0 Å². The van der Waals surface area contributed by atoms with Gasteiger partial charge in [0.25, 0.3) is 0 Å². The minimum absolute atomic E-state index is 0.204. The summed E-state index contributed by atoms with van der Waals surface area (Å²) in [6.45, 7) is 1.81. The van der Waals surface area contributed by atoms with Gasteiger partial charge in [-0.25, -0.2) is 9.97 Å². The van der Waals surface area contributed by atoms with E-state index in [0.717, 1.165) is 10.9 Å². The molecule has 0 fully saturated rings. The molecular formula is C9H8N2OS. The Hall–Kier alpha value is -1.29. The van der Waals surface area contributed by atoms with Crippen molar-refractivity contribution in [2.45, 2.75) is 11.9 Å². The molecule has 0 radical (unpaired) electrons. The zero-order chi connectivity index (χ0) is 9.42. The van der Waals surface area contributed by atoms with Crippen molar-refractivity contribution in [1.82, 2.24) is 9.97 Å². The van der Waals surface area contributed by atoms with E-state index in [-0.39, 0.29) is 5.75 Å². The lowest BCUT2D eigenvalue weighted by Gasteiger charge is -2.01. The van der Waals surface area contributed by atoms with Crippen LogP contribution in [0.3, 0.4) is 0 Å². The number of rotatable bonds is 0. The van der Waals surface area contributed by atoms with Crippen molar-refractivity contribution in [3.8, 4) is 5.75 Å². The van der Waals surface area contributed by atoms with E-state index < -0.39 is 0 Å². The molecule has 0 saturated carbocycles. The van der Waals surface area contributed by atoms with Crippen LogP contribution in [0.1, 0.15) is 5.82 Å². The normalized spacial score (nSPS) is 10.6. The summed E-state index contributed by atoms with van der Waals surface area (Å²) in [7, 11) is 0. The lowest BCUT2D eigenvalue weighted by Crippen LogP contribution is -1.90. The summed E-state index contributed by atoms with van der Waals surface area (Å²) < 4.78 is 0. The van der Waals surface area contributed by atoms with Crippen LogP contribution >= 0.6 is 12.6 Å². The number of phenolic OH excluding ortho intramolecular Hbond substituents is 1. The topological polar surface area (TPSA) is 46.0 Å². The molecule has 3 nitrogen and oxygen atoms in total. The van der Waals surface area contributed by atoms with E-state index >= 15 is 0 Å². The third-order valence-corrected chi connectivity index (χ3v) is 2.11. The number of aryl methyl sites for hydroxylation is 1. The van der Waals surface area contributed by atoms with Gasteiger partial charge in [0.15, 0.2) is 0 Å². The van der Waals surface area contributed by atoms with Crippen molar-refractivity contribution in [3.63, 3.8) is 0 Å².